The number of carbonyl (C=O) groups is 1. The highest BCUT2D eigenvalue weighted by Gasteiger charge is 2.22. The lowest BCUT2D eigenvalue weighted by molar-refractivity contribution is -0.129. The zero-order chi connectivity index (χ0) is 23.5. The number of aliphatic hydroxyl groups excluding tert-OH is 1. The van der Waals surface area contributed by atoms with Crippen molar-refractivity contribution in [3.8, 4) is 0 Å². The molecule has 10 nitrogen and oxygen atoms in total. The highest BCUT2D eigenvalue weighted by Crippen LogP contribution is 2.21. The van der Waals surface area contributed by atoms with Crippen LogP contribution in [0.15, 0.2) is 30.5 Å². The summed E-state index contributed by atoms with van der Waals surface area (Å²) >= 11 is 0. The zero-order valence-corrected chi connectivity index (χ0v) is 19.5. The van der Waals surface area contributed by atoms with E-state index in [1.165, 1.54) is 11.1 Å². The van der Waals surface area contributed by atoms with E-state index in [4.69, 9.17) is 0 Å². The molecule has 4 heterocycles. The fourth-order valence-electron chi connectivity index (χ4n) is 4.82. The average Bonchev–Trinajstić information content (AvgIpc) is 3.25. The molecule has 1 amide bonds. The van der Waals surface area contributed by atoms with Crippen LogP contribution in [0.1, 0.15) is 30.9 Å². The highest BCUT2D eigenvalue weighted by molar-refractivity contribution is 5.86. The number of likely N-dealkylation sites (tertiary alicyclic amines) is 1. The molecule has 3 aromatic rings. The molecule has 34 heavy (non-hydrogen) atoms. The maximum atomic E-state index is 11.5. The van der Waals surface area contributed by atoms with Crippen LogP contribution < -0.4 is 10.6 Å². The lowest BCUT2D eigenvalue weighted by atomic mass is 10.00. The first-order chi connectivity index (χ1) is 16.5. The van der Waals surface area contributed by atoms with Gasteiger partial charge in [-0.3, -0.25) is 14.8 Å². The molecule has 5 rings (SSSR count). The monoisotopic (exact) mass is 464 g/mol. The number of benzene rings is 1. The number of H-pyrrole nitrogens is 1. The van der Waals surface area contributed by atoms with Crippen LogP contribution in [0, 0.1) is 0 Å². The summed E-state index contributed by atoms with van der Waals surface area (Å²) in [6.07, 6.45) is 3.99. The number of nitrogens with zero attached hydrogens (tertiary/aromatic N) is 5. The van der Waals surface area contributed by atoms with Crippen LogP contribution in [0.25, 0.3) is 11.0 Å². The van der Waals surface area contributed by atoms with Crippen molar-refractivity contribution in [3.05, 3.63) is 41.6 Å². The number of fused-ring (bicyclic) bond motifs is 2. The van der Waals surface area contributed by atoms with Crippen molar-refractivity contribution in [2.45, 2.75) is 44.9 Å². The minimum atomic E-state index is -0.514. The number of nitrogens with one attached hydrogen (secondary N) is 3. The number of amides is 1. The van der Waals surface area contributed by atoms with Gasteiger partial charge in [0, 0.05) is 58.4 Å². The molecule has 2 aliphatic heterocycles. The van der Waals surface area contributed by atoms with Crippen molar-refractivity contribution in [2.75, 3.05) is 43.4 Å². The van der Waals surface area contributed by atoms with Crippen molar-refractivity contribution in [2.24, 2.45) is 0 Å². The van der Waals surface area contributed by atoms with Gasteiger partial charge in [-0.25, -0.2) is 4.98 Å². The van der Waals surface area contributed by atoms with Crippen LogP contribution in [0.5, 0.6) is 0 Å². The van der Waals surface area contributed by atoms with Gasteiger partial charge in [0.05, 0.1) is 11.5 Å². The summed E-state index contributed by atoms with van der Waals surface area (Å²) < 4.78 is 0. The lowest BCUT2D eigenvalue weighted by Gasteiger charge is -2.31. The van der Waals surface area contributed by atoms with E-state index < -0.39 is 6.10 Å². The van der Waals surface area contributed by atoms with Gasteiger partial charge in [-0.1, -0.05) is 24.3 Å². The first kappa shape index (κ1) is 22.5. The third kappa shape index (κ3) is 5.13. The molecule has 1 saturated heterocycles. The Balaban J connectivity index is 1.13. The van der Waals surface area contributed by atoms with Crippen molar-refractivity contribution in [1.29, 1.82) is 0 Å². The van der Waals surface area contributed by atoms with Crippen LogP contribution in [0.4, 0.5) is 11.8 Å². The number of hydrogen-bond donors (Lipinski definition) is 4. The molecule has 1 fully saturated rings. The number of aromatic nitrogens is 4. The quantitative estimate of drug-likeness (QED) is 0.416. The number of piperidine rings is 1. The smallest absolute Gasteiger partial charge is 0.224 e. The minimum Gasteiger partial charge on any atom is -0.390 e. The maximum absolute atomic E-state index is 11.5. The molecule has 0 saturated carbocycles. The van der Waals surface area contributed by atoms with E-state index in [1.54, 1.807) is 13.1 Å². The van der Waals surface area contributed by atoms with Gasteiger partial charge in [0.2, 0.25) is 11.9 Å². The van der Waals surface area contributed by atoms with Gasteiger partial charge in [0.25, 0.3) is 0 Å². The standard InChI is InChI=1S/C24H32N8O2/c1-16(33)32-10-7-19(8-11-32)27-24-26-13-21-22(29-30-23(21)28-24)25-12-20(34)15-31-9-6-17-4-2-3-5-18(17)14-31/h2-5,13,19-20,34H,6-12,14-15H2,1H3,(H3,25,26,27,28,29,30). The highest BCUT2D eigenvalue weighted by atomic mass is 16.3. The Morgan fingerprint density at radius 2 is 2.03 bits per heavy atom. The Hall–Kier alpha value is -3.24. The number of β-amino-alcohol motifs (C(OH)–C–C–N with tert-alkyl or cyclic N) is 1. The van der Waals surface area contributed by atoms with Crippen molar-refractivity contribution >= 4 is 28.7 Å². The molecule has 0 aliphatic carbocycles. The zero-order valence-electron chi connectivity index (χ0n) is 19.5. The van der Waals surface area contributed by atoms with Gasteiger partial charge in [0.15, 0.2) is 11.5 Å². The van der Waals surface area contributed by atoms with Gasteiger partial charge < -0.3 is 20.6 Å². The third-order valence-corrected chi connectivity index (χ3v) is 6.77. The summed E-state index contributed by atoms with van der Waals surface area (Å²) in [6.45, 7) is 5.94. The van der Waals surface area contributed by atoms with Crippen LogP contribution in [-0.2, 0) is 17.8 Å². The second-order valence-electron chi connectivity index (χ2n) is 9.24. The van der Waals surface area contributed by atoms with Crippen molar-refractivity contribution < 1.29 is 9.90 Å². The van der Waals surface area contributed by atoms with E-state index in [-0.39, 0.29) is 11.9 Å². The van der Waals surface area contributed by atoms with E-state index >= 15 is 0 Å². The Kier molecular flexibility index (Phi) is 6.59. The summed E-state index contributed by atoms with van der Waals surface area (Å²) in [5.41, 5.74) is 3.39. The minimum absolute atomic E-state index is 0.125. The van der Waals surface area contributed by atoms with Gasteiger partial charge in [-0.2, -0.15) is 10.1 Å². The number of anilines is 2. The van der Waals surface area contributed by atoms with Crippen LogP contribution in [0.3, 0.4) is 0 Å². The molecule has 0 bridgehead atoms. The first-order valence-corrected chi connectivity index (χ1v) is 12.0. The summed E-state index contributed by atoms with van der Waals surface area (Å²) in [7, 11) is 0. The third-order valence-electron chi connectivity index (χ3n) is 6.77. The van der Waals surface area contributed by atoms with Gasteiger partial charge in [-0.05, 0) is 30.4 Å². The Bertz CT molecular complexity index is 1140. The fourth-order valence-corrected chi connectivity index (χ4v) is 4.82. The molecule has 180 valence electrons. The van der Waals surface area contributed by atoms with Gasteiger partial charge in [-0.15, -0.1) is 0 Å². The maximum Gasteiger partial charge on any atom is 0.224 e. The van der Waals surface area contributed by atoms with Gasteiger partial charge >= 0.3 is 0 Å². The Morgan fingerprint density at radius 1 is 1.24 bits per heavy atom. The number of hydrogen-bond acceptors (Lipinski definition) is 8. The van der Waals surface area contributed by atoms with Crippen LogP contribution in [-0.4, -0.2) is 85.8 Å². The second-order valence-corrected chi connectivity index (χ2v) is 9.24. The summed E-state index contributed by atoms with van der Waals surface area (Å²) in [5, 5.41) is 25.3. The predicted octanol–water partition coefficient (Wildman–Crippen LogP) is 1.61. The normalized spacial score (nSPS) is 18.0. The second kappa shape index (κ2) is 9.94. The molecule has 2 aromatic heterocycles. The summed E-state index contributed by atoms with van der Waals surface area (Å²) in [4.78, 5) is 24.7. The fraction of sp³-hybridized carbons (Fsp3) is 0.500. The average molecular weight is 465 g/mol. The number of aromatic amines is 1. The summed E-state index contributed by atoms with van der Waals surface area (Å²) in [6, 6.07) is 8.76. The van der Waals surface area contributed by atoms with E-state index in [0.717, 1.165) is 50.8 Å². The Morgan fingerprint density at radius 3 is 2.82 bits per heavy atom. The largest absolute Gasteiger partial charge is 0.390 e. The lowest BCUT2D eigenvalue weighted by Crippen LogP contribution is -2.41. The van der Waals surface area contributed by atoms with E-state index in [0.29, 0.717) is 30.5 Å². The SMILES string of the molecule is CC(=O)N1CCC(Nc2ncc3c(NCC(O)CN4CCc5ccccc5C4)n[nH]c3n2)CC1. The number of carbonyl (C=O) groups excluding carboxylic acids is 1. The molecule has 0 radical (unpaired) electrons. The van der Waals surface area contributed by atoms with Crippen LogP contribution >= 0.6 is 0 Å². The predicted molar refractivity (Wildman–Crippen MR) is 131 cm³/mol. The number of rotatable bonds is 7. The van der Waals surface area contributed by atoms with E-state index in [9.17, 15) is 9.90 Å². The molecule has 1 atom stereocenters. The first-order valence-electron chi connectivity index (χ1n) is 12.0. The molecular formula is C24H32N8O2. The topological polar surface area (TPSA) is 122 Å². The van der Waals surface area contributed by atoms with Crippen molar-refractivity contribution in [1.82, 2.24) is 30.0 Å². The molecule has 10 heteroatoms. The molecule has 1 aromatic carbocycles. The number of aliphatic hydroxyl groups is 1. The van der Waals surface area contributed by atoms with Crippen molar-refractivity contribution in [3.63, 3.8) is 0 Å². The molecule has 0 spiro atoms. The Labute approximate surface area is 198 Å². The van der Waals surface area contributed by atoms with Gasteiger partial charge in [0.1, 0.15) is 0 Å². The molecule has 4 N–H and O–H groups in total. The molecule has 2 aliphatic rings. The van der Waals surface area contributed by atoms with Crippen LogP contribution in [0.2, 0.25) is 0 Å². The van der Waals surface area contributed by atoms with E-state index in [1.807, 2.05) is 4.90 Å². The molecular weight excluding hydrogens is 432 g/mol. The molecule has 1 unspecified atom stereocenters. The summed E-state index contributed by atoms with van der Waals surface area (Å²) in [5.74, 6) is 1.31. The van der Waals surface area contributed by atoms with E-state index in [2.05, 4.69) is 60.0 Å².